The summed E-state index contributed by atoms with van der Waals surface area (Å²) in [5.74, 6) is 3.48. The predicted molar refractivity (Wildman–Crippen MR) is 106 cm³/mol. The Labute approximate surface area is 174 Å². The summed E-state index contributed by atoms with van der Waals surface area (Å²) >= 11 is 0. The molecule has 9 heteroatoms. The van der Waals surface area contributed by atoms with Crippen LogP contribution in [0.3, 0.4) is 0 Å². The number of carboxylic acids is 1. The lowest BCUT2D eigenvalue weighted by molar-refractivity contribution is 0.0127. The minimum Gasteiger partial charge on any atom is -0.478 e. The van der Waals surface area contributed by atoms with Crippen molar-refractivity contribution in [3.63, 3.8) is 0 Å². The largest absolute Gasteiger partial charge is 0.478 e. The molecule has 0 radical (unpaired) electrons. The lowest BCUT2D eigenvalue weighted by atomic mass is 10.1. The van der Waals surface area contributed by atoms with Crippen LogP contribution in [-0.4, -0.2) is 82.3 Å². The van der Waals surface area contributed by atoms with Crippen LogP contribution in [0.4, 0.5) is 14.0 Å². The number of halogens is 1. The summed E-state index contributed by atoms with van der Waals surface area (Å²) < 4.78 is 19.4. The van der Waals surface area contributed by atoms with Crippen molar-refractivity contribution in [1.82, 2.24) is 14.7 Å². The van der Waals surface area contributed by atoms with E-state index in [1.807, 2.05) is 0 Å². The molecule has 30 heavy (non-hydrogen) atoms. The third-order valence-corrected chi connectivity index (χ3v) is 4.79. The molecule has 1 N–H and O–H groups in total. The summed E-state index contributed by atoms with van der Waals surface area (Å²) in [7, 11) is 0. The van der Waals surface area contributed by atoms with Gasteiger partial charge in [0.05, 0.1) is 23.7 Å². The van der Waals surface area contributed by atoms with Crippen molar-refractivity contribution in [3.05, 3.63) is 35.1 Å². The van der Waals surface area contributed by atoms with E-state index in [0.29, 0.717) is 26.2 Å². The fourth-order valence-corrected chi connectivity index (χ4v) is 3.38. The molecule has 0 bridgehead atoms. The fourth-order valence-electron chi connectivity index (χ4n) is 3.38. The zero-order chi connectivity index (χ0) is 22.1. The fraction of sp³-hybridized carbons (Fsp3) is 0.476. The number of piperazine rings is 1. The number of amides is 3. The molecule has 0 aromatic heterocycles. The van der Waals surface area contributed by atoms with Gasteiger partial charge in [0.1, 0.15) is 11.4 Å². The van der Waals surface area contributed by atoms with Gasteiger partial charge in [-0.25, -0.2) is 18.8 Å². The molecule has 2 saturated heterocycles. The molecule has 2 fully saturated rings. The summed E-state index contributed by atoms with van der Waals surface area (Å²) in [5, 5.41) is 8.87. The highest BCUT2D eigenvalue weighted by Gasteiger charge is 2.42. The molecular formula is C21H24FN3O5. The number of benzene rings is 1. The van der Waals surface area contributed by atoms with Gasteiger partial charge in [0.2, 0.25) is 0 Å². The van der Waals surface area contributed by atoms with E-state index in [9.17, 15) is 18.8 Å². The topological polar surface area (TPSA) is 90.4 Å². The number of urea groups is 1. The predicted octanol–water partition coefficient (Wildman–Crippen LogP) is 2.23. The van der Waals surface area contributed by atoms with Crippen molar-refractivity contribution in [2.75, 3.05) is 32.7 Å². The number of carbonyl (C=O) groups excluding carboxylic acids is 2. The van der Waals surface area contributed by atoms with Crippen LogP contribution in [0.5, 0.6) is 0 Å². The number of hydrogen-bond donors (Lipinski definition) is 1. The van der Waals surface area contributed by atoms with Crippen LogP contribution in [0.1, 0.15) is 36.7 Å². The van der Waals surface area contributed by atoms with E-state index in [0.717, 1.165) is 6.07 Å². The van der Waals surface area contributed by atoms with Crippen LogP contribution in [0, 0.1) is 17.7 Å². The van der Waals surface area contributed by atoms with Crippen molar-refractivity contribution in [2.45, 2.75) is 32.4 Å². The van der Waals surface area contributed by atoms with E-state index in [1.54, 1.807) is 35.5 Å². The van der Waals surface area contributed by atoms with Gasteiger partial charge in [0.25, 0.3) is 0 Å². The van der Waals surface area contributed by atoms with E-state index in [1.165, 1.54) is 12.1 Å². The van der Waals surface area contributed by atoms with Gasteiger partial charge in [-0.1, -0.05) is 11.8 Å². The average Bonchev–Trinajstić information content (AvgIpc) is 2.96. The smallest absolute Gasteiger partial charge is 0.410 e. The summed E-state index contributed by atoms with van der Waals surface area (Å²) in [6.07, 6.45) is -0.395. The maximum Gasteiger partial charge on any atom is 0.410 e. The lowest BCUT2D eigenvalue weighted by Crippen LogP contribution is -2.54. The highest BCUT2D eigenvalue weighted by atomic mass is 19.1. The Morgan fingerprint density at radius 1 is 1.27 bits per heavy atom. The standard InChI is InChI=1S/C21H24FN3O5/c1-21(2,3)30-20(29)24-9-10-25-16(13-24)12-23(19(25)28)8-4-5-14-6-7-15(18(26)27)11-17(14)22/h6-7,11,16H,8-10,12-13H2,1-3H3,(H,26,27). The van der Waals surface area contributed by atoms with Crippen LogP contribution < -0.4 is 0 Å². The number of rotatable bonds is 2. The zero-order valence-electron chi connectivity index (χ0n) is 17.1. The van der Waals surface area contributed by atoms with Crippen LogP contribution in [0.15, 0.2) is 18.2 Å². The molecule has 3 amide bonds. The van der Waals surface area contributed by atoms with Crippen LogP contribution in [0.25, 0.3) is 0 Å². The van der Waals surface area contributed by atoms with E-state index < -0.39 is 23.5 Å². The third-order valence-electron chi connectivity index (χ3n) is 4.79. The van der Waals surface area contributed by atoms with Crippen molar-refractivity contribution in [1.29, 1.82) is 0 Å². The first-order valence-electron chi connectivity index (χ1n) is 9.60. The van der Waals surface area contributed by atoms with E-state index >= 15 is 0 Å². The molecule has 0 aliphatic carbocycles. The van der Waals surface area contributed by atoms with Crippen molar-refractivity contribution in [3.8, 4) is 11.8 Å². The van der Waals surface area contributed by atoms with Gasteiger partial charge in [-0.15, -0.1) is 0 Å². The van der Waals surface area contributed by atoms with E-state index in [4.69, 9.17) is 9.84 Å². The molecule has 2 heterocycles. The molecule has 8 nitrogen and oxygen atoms in total. The minimum absolute atomic E-state index is 0.0699. The minimum atomic E-state index is -1.21. The first kappa shape index (κ1) is 21.4. The van der Waals surface area contributed by atoms with Gasteiger partial charge in [-0.05, 0) is 39.0 Å². The molecule has 160 valence electrons. The molecule has 1 unspecified atom stereocenters. The number of nitrogens with zero attached hydrogens (tertiary/aromatic N) is 3. The van der Waals surface area contributed by atoms with E-state index in [2.05, 4.69) is 11.8 Å². The summed E-state index contributed by atoms with van der Waals surface area (Å²) in [6, 6.07) is 3.19. The number of hydrogen-bond acceptors (Lipinski definition) is 4. The van der Waals surface area contributed by atoms with Crippen molar-refractivity contribution < 1.29 is 28.6 Å². The SMILES string of the molecule is CC(C)(C)OC(=O)N1CCN2C(=O)N(CC#Cc3ccc(C(=O)O)cc3F)CC2C1. The summed E-state index contributed by atoms with van der Waals surface area (Å²) in [5.41, 5.74) is -0.668. The first-order chi connectivity index (χ1) is 14.0. The molecule has 1 aromatic rings. The quantitative estimate of drug-likeness (QED) is 0.746. The molecular weight excluding hydrogens is 393 g/mol. The lowest BCUT2D eigenvalue weighted by Gasteiger charge is -2.37. The third kappa shape index (κ3) is 4.82. The Morgan fingerprint density at radius 2 is 2.00 bits per heavy atom. The van der Waals surface area contributed by atoms with Gasteiger partial charge in [0, 0.05) is 26.2 Å². The van der Waals surface area contributed by atoms with Crippen molar-refractivity contribution in [2.24, 2.45) is 0 Å². The Hall–Kier alpha value is -3.28. The Bertz CT molecular complexity index is 931. The van der Waals surface area contributed by atoms with Crippen LogP contribution in [0.2, 0.25) is 0 Å². The van der Waals surface area contributed by atoms with Gasteiger partial charge in [0.15, 0.2) is 0 Å². The normalized spacial score (nSPS) is 18.6. The Morgan fingerprint density at radius 3 is 2.63 bits per heavy atom. The summed E-state index contributed by atoms with van der Waals surface area (Å²) in [4.78, 5) is 40.6. The maximum absolute atomic E-state index is 14.0. The first-order valence-corrected chi connectivity index (χ1v) is 9.60. The van der Waals surface area contributed by atoms with Crippen LogP contribution >= 0.6 is 0 Å². The molecule has 0 spiro atoms. The molecule has 2 aliphatic heterocycles. The average molecular weight is 417 g/mol. The van der Waals surface area contributed by atoms with Gasteiger partial charge < -0.3 is 24.5 Å². The van der Waals surface area contributed by atoms with E-state index in [-0.39, 0.29) is 29.7 Å². The number of aromatic carboxylic acids is 1. The molecule has 3 rings (SSSR count). The molecule has 1 atom stereocenters. The second kappa shape index (κ2) is 8.22. The second-order valence-corrected chi connectivity index (χ2v) is 8.24. The Balaban J connectivity index is 1.60. The number of carbonyl (C=O) groups is 3. The molecule has 2 aliphatic rings. The summed E-state index contributed by atoms with van der Waals surface area (Å²) in [6.45, 7) is 7.13. The number of ether oxygens (including phenoxy) is 1. The Kier molecular flexibility index (Phi) is 5.87. The van der Waals surface area contributed by atoms with Gasteiger partial charge in [-0.2, -0.15) is 0 Å². The number of fused-ring (bicyclic) bond motifs is 1. The number of carboxylic acid groups (broad SMARTS) is 1. The highest BCUT2D eigenvalue weighted by Crippen LogP contribution is 2.22. The van der Waals surface area contributed by atoms with Crippen molar-refractivity contribution >= 4 is 18.1 Å². The second-order valence-electron chi connectivity index (χ2n) is 8.24. The highest BCUT2D eigenvalue weighted by molar-refractivity contribution is 5.87. The molecule has 1 aromatic carbocycles. The monoisotopic (exact) mass is 417 g/mol. The van der Waals surface area contributed by atoms with Crippen LogP contribution in [-0.2, 0) is 4.74 Å². The molecule has 0 saturated carbocycles. The van der Waals surface area contributed by atoms with Gasteiger partial charge in [-0.3, -0.25) is 0 Å². The zero-order valence-corrected chi connectivity index (χ0v) is 17.1. The van der Waals surface area contributed by atoms with Gasteiger partial charge >= 0.3 is 18.1 Å². The maximum atomic E-state index is 14.0.